The van der Waals surface area contributed by atoms with Gasteiger partial charge in [-0.1, -0.05) is 0 Å². The van der Waals surface area contributed by atoms with Crippen molar-refractivity contribution in [3.8, 4) is 0 Å². The Hall–Kier alpha value is -0.250. The van der Waals surface area contributed by atoms with Crippen LogP contribution in [0.5, 0.6) is 0 Å². The van der Waals surface area contributed by atoms with Crippen molar-refractivity contribution in [1.29, 1.82) is 0 Å². The van der Waals surface area contributed by atoms with Crippen LogP contribution in [0.3, 0.4) is 0 Å². The van der Waals surface area contributed by atoms with E-state index >= 15 is 0 Å². The van der Waals surface area contributed by atoms with E-state index in [4.69, 9.17) is 27.7 Å². The van der Waals surface area contributed by atoms with Crippen molar-refractivity contribution in [1.82, 2.24) is 0 Å². The maximum atomic E-state index is 8.74. The van der Waals surface area contributed by atoms with Gasteiger partial charge < -0.3 is 14.9 Å². The Morgan fingerprint density at radius 2 is 1.67 bits per heavy atom. The summed E-state index contributed by atoms with van der Waals surface area (Å²) in [5, 5.41) is 17.1. The van der Waals surface area contributed by atoms with Gasteiger partial charge in [0.25, 0.3) is 5.97 Å². The van der Waals surface area contributed by atoms with Crippen molar-refractivity contribution in [3.63, 3.8) is 0 Å². The smallest absolute Gasteiger partial charge is 0.343 e. The fraction of sp³-hybridized carbons (Fsp3) is 1.00. The molecule has 0 saturated carbocycles. The third-order valence-corrected chi connectivity index (χ3v) is 0.980. The summed E-state index contributed by atoms with van der Waals surface area (Å²) in [4.78, 5) is 0. The quantitative estimate of drug-likeness (QED) is 0.286. The largest absolute Gasteiger partial charge is 0.394 e. The summed E-state index contributed by atoms with van der Waals surface area (Å²) in [6.45, 7) is 0.465. The van der Waals surface area contributed by atoms with Gasteiger partial charge in [-0.3, -0.25) is 9.11 Å². The molecule has 1 fully saturated rings. The predicted molar refractivity (Wildman–Crippen MR) is 36.5 cm³/mol. The van der Waals surface area contributed by atoms with Crippen LogP contribution in [0.25, 0.3) is 0 Å². The second-order valence-corrected chi connectivity index (χ2v) is 3.04. The highest BCUT2D eigenvalue weighted by molar-refractivity contribution is 7.79. The first-order valence-corrected chi connectivity index (χ1v) is 4.39. The topological polar surface area (TPSA) is 124 Å². The molecule has 0 bridgehead atoms. The van der Waals surface area contributed by atoms with E-state index in [1.807, 2.05) is 0 Å². The lowest BCUT2D eigenvalue weighted by atomic mass is 10.3. The highest BCUT2D eigenvalue weighted by Gasteiger charge is 2.28. The van der Waals surface area contributed by atoms with E-state index in [-0.39, 0.29) is 0 Å². The average molecular weight is 202 g/mol. The Morgan fingerprint density at radius 3 is 1.75 bits per heavy atom. The molecule has 1 heterocycles. The van der Waals surface area contributed by atoms with E-state index in [0.29, 0.717) is 13.0 Å². The Labute approximate surface area is 69.2 Å². The molecule has 12 heavy (non-hydrogen) atoms. The van der Waals surface area contributed by atoms with Crippen LogP contribution in [0.1, 0.15) is 12.8 Å². The lowest BCUT2D eigenvalue weighted by molar-refractivity contribution is -0.313. The molecule has 8 heteroatoms. The van der Waals surface area contributed by atoms with Gasteiger partial charge in [0, 0.05) is 6.42 Å². The minimum absolute atomic E-state index is 0.340. The number of rotatable bonds is 0. The lowest BCUT2D eigenvalue weighted by Crippen LogP contribution is -2.25. The molecule has 1 rings (SSSR count). The van der Waals surface area contributed by atoms with Crippen molar-refractivity contribution >= 4 is 10.4 Å². The molecule has 0 atom stereocenters. The van der Waals surface area contributed by atoms with E-state index < -0.39 is 16.4 Å². The SMILES string of the molecule is O=S(=O)(O)O.OC1(O)CCCO1. The molecule has 0 unspecified atom stereocenters. The Balaban J connectivity index is 0.000000217. The third kappa shape index (κ3) is 9.75. The van der Waals surface area contributed by atoms with Gasteiger partial charge in [0.1, 0.15) is 0 Å². The van der Waals surface area contributed by atoms with Gasteiger partial charge in [-0.15, -0.1) is 0 Å². The predicted octanol–water partition coefficient (Wildman–Crippen LogP) is -1.22. The normalized spacial score (nSPS) is 21.3. The van der Waals surface area contributed by atoms with E-state index in [9.17, 15) is 0 Å². The molecular weight excluding hydrogens is 192 g/mol. The Kier molecular flexibility index (Phi) is 4.03. The lowest BCUT2D eigenvalue weighted by Gasteiger charge is -2.10. The molecule has 4 N–H and O–H groups in total. The zero-order valence-corrected chi connectivity index (χ0v) is 6.86. The molecule has 0 amide bonds. The third-order valence-electron chi connectivity index (χ3n) is 0.980. The Morgan fingerprint density at radius 1 is 1.25 bits per heavy atom. The molecule has 0 aromatic rings. The first-order chi connectivity index (χ1) is 5.21. The number of hydrogen-bond acceptors (Lipinski definition) is 5. The van der Waals surface area contributed by atoms with Gasteiger partial charge in [0.15, 0.2) is 0 Å². The monoisotopic (exact) mass is 202 g/mol. The Bertz CT molecular complexity index is 202. The van der Waals surface area contributed by atoms with Gasteiger partial charge in [-0.05, 0) is 6.42 Å². The zero-order chi connectivity index (χ0) is 9.83. The summed E-state index contributed by atoms with van der Waals surface area (Å²) in [5.41, 5.74) is 0. The first-order valence-electron chi connectivity index (χ1n) is 2.99. The van der Waals surface area contributed by atoms with Crippen LogP contribution in [-0.2, 0) is 15.1 Å². The summed E-state index contributed by atoms with van der Waals surface area (Å²) < 4.78 is 36.0. The molecule has 0 aliphatic carbocycles. The number of ether oxygens (including phenoxy) is 1. The second-order valence-electron chi connectivity index (χ2n) is 2.14. The van der Waals surface area contributed by atoms with Gasteiger partial charge >= 0.3 is 10.4 Å². The van der Waals surface area contributed by atoms with E-state index in [2.05, 4.69) is 4.74 Å². The zero-order valence-electron chi connectivity index (χ0n) is 6.04. The molecule has 0 radical (unpaired) electrons. The van der Waals surface area contributed by atoms with Crippen molar-refractivity contribution in [2.24, 2.45) is 0 Å². The van der Waals surface area contributed by atoms with Gasteiger partial charge in [-0.2, -0.15) is 8.42 Å². The number of aliphatic hydroxyl groups is 2. The summed E-state index contributed by atoms with van der Waals surface area (Å²) in [6.07, 6.45) is 1.08. The molecule has 1 aliphatic heterocycles. The summed E-state index contributed by atoms with van der Waals surface area (Å²) in [6, 6.07) is 0. The molecule has 1 aliphatic rings. The fourth-order valence-electron chi connectivity index (χ4n) is 0.610. The molecule has 74 valence electrons. The molecule has 1 saturated heterocycles. The fourth-order valence-corrected chi connectivity index (χ4v) is 0.610. The molecule has 0 aromatic carbocycles. The van der Waals surface area contributed by atoms with Crippen LogP contribution >= 0.6 is 0 Å². The molecule has 7 nitrogen and oxygen atoms in total. The van der Waals surface area contributed by atoms with Crippen LogP contribution < -0.4 is 0 Å². The minimum Gasteiger partial charge on any atom is -0.343 e. The van der Waals surface area contributed by atoms with Crippen LogP contribution in [0.15, 0.2) is 0 Å². The maximum absolute atomic E-state index is 8.74. The highest BCUT2D eigenvalue weighted by Crippen LogP contribution is 2.17. The summed E-state index contributed by atoms with van der Waals surface area (Å²) in [5.74, 6) is -1.81. The van der Waals surface area contributed by atoms with E-state index in [1.54, 1.807) is 0 Å². The van der Waals surface area contributed by atoms with Gasteiger partial charge in [0.05, 0.1) is 6.61 Å². The maximum Gasteiger partial charge on any atom is 0.394 e. The van der Waals surface area contributed by atoms with Crippen molar-refractivity contribution in [2.75, 3.05) is 6.61 Å². The summed E-state index contributed by atoms with van der Waals surface area (Å²) in [7, 11) is -4.67. The van der Waals surface area contributed by atoms with E-state index in [1.165, 1.54) is 0 Å². The molecule has 0 spiro atoms. The minimum atomic E-state index is -4.67. The van der Waals surface area contributed by atoms with Crippen molar-refractivity contribution in [3.05, 3.63) is 0 Å². The van der Waals surface area contributed by atoms with E-state index in [0.717, 1.165) is 6.42 Å². The number of hydrogen-bond donors (Lipinski definition) is 4. The van der Waals surface area contributed by atoms with Crippen LogP contribution in [0, 0.1) is 0 Å². The average Bonchev–Trinajstić information content (AvgIpc) is 2.08. The standard InChI is InChI=1S/C4H8O3.H2O4S/c5-4(6)2-1-3-7-4;1-5(2,3)4/h5-6H,1-3H2;(H2,1,2,3,4). The van der Waals surface area contributed by atoms with Crippen LogP contribution in [0.2, 0.25) is 0 Å². The van der Waals surface area contributed by atoms with Crippen molar-refractivity contribution in [2.45, 2.75) is 18.8 Å². The van der Waals surface area contributed by atoms with Crippen LogP contribution in [0.4, 0.5) is 0 Å². The molecular formula is C4H10O7S. The van der Waals surface area contributed by atoms with Crippen molar-refractivity contribution < 1.29 is 32.5 Å². The summed E-state index contributed by atoms with van der Waals surface area (Å²) >= 11 is 0. The van der Waals surface area contributed by atoms with Gasteiger partial charge in [-0.25, -0.2) is 0 Å². The molecule has 0 aromatic heterocycles. The van der Waals surface area contributed by atoms with Gasteiger partial charge in [0.2, 0.25) is 0 Å². The first kappa shape index (κ1) is 11.8. The second kappa shape index (κ2) is 4.12. The highest BCUT2D eigenvalue weighted by atomic mass is 32.3. The van der Waals surface area contributed by atoms with Crippen LogP contribution in [-0.4, -0.2) is 40.3 Å².